The highest BCUT2D eigenvalue weighted by Gasteiger charge is 2.13. The van der Waals surface area contributed by atoms with Crippen LogP contribution in [0, 0.1) is 13.8 Å². The quantitative estimate of drug-likeness (QED) is 0.545. The van der Waals surface area contributed by atoms with E-state index in [2.05, 4.69) is 42.6 Å². The summed E-state index contributed by atoms with van der Waals surface area (Å²) in [6.07, 6.45) is 0. The molecular formula is C15H22ClN3S2. The number of rotatable bonds is 7. The molecule has 2 heterocycles. The van der Waals surface area contributed by atoms with Gasteiger partial charge in [-0.1, -0.05) is 25.4 Å². The number of nitrogens with zero attached hydrogens (tertiary/aromatic N) is 3. The van der Waals surface area contributed by atoms with Crippen molar-refractivity contribution in [3.63, 3.8) is 0 Å². The van der Waals surface area contributed by atoms with Crippen LogP contribution in [0.25, 0.3) is 10.2 Å². The predicted octanol–water partition coefficient (Wildman–Crippen LogP) is 4.54. The third-order valence-corrected chi connectivity index (χ3v) is 6.02. The fraction of sp³-hybridized carbons (Fsp3) is 0.600. The highest BCUT2D eigenvalue weighted by Crippen LogP contribution is 2.33. The number of thioether (sulfide) groups is 1. The molecule has 0 saturated carbocycles. The van der Waals surface area contributed by atoms with Crippen LogP contribution in [0.5, 0.6) is 0 Å². The highest BCUT2D eigenvalue weighted by atomic mass is 35.5. The Bertz CT molecular complexity index is 608. The van der Waals surface area contributed by atoms with Crippen molar-refractivity contribution in [1.82, 2.24) is 14.9 Å². The predicted molar refractivity (Wildman–Crippen MR) is 95.8 cm³/mol. The smallest absolute Gasteiger partial charge is 0.141 e. The number of halogens is 1. The van der Waals surface area contributed by atoms with E-state index in [9.17, 15) is 0 Å². The van der Waals surface area contributed by atoms with Gasteiger partial charge in [-0.2, -0.15) is 11.8 Å². The van der Waals surface area contributed by atoms with E-state index in [1.807, 2.05) is 11.8 Å². The minimum atomic E-state index is 0.598. The summed E-state index contributed by atoms with van der Waals surface area (Å²) in [6.45, 7) is 11.9. The molecular weight excluding hydrogens is 322 g/mol. The van der Waals surface area contributed by atoms with Gasteiger partial charge in [0.05, 0.1) is 11.1 Å². The molecule has 116 valence electrons. The molecule has 0 radical (unpaired) electrons. The van der Waals surface area contributed by atoms with Crippen LogP contribution in [0.3, 0.4) is 0 Å². The molecule has 0 aliphatic heterocycles. The van der Waals surface area contributed by atoms with E-state index in [1.165, 1.54) is 10.4 Å². The lowest BCUT2D eigenvalue weighted by Crippen LogP contribution is -2.25. The second-order valence-electron chi connectivity index (χ2n) is 4.97. The number of aromatic nitrogens is 2. The van der Waals surface area contributed by atoms with Crippen molar-refractivity contribution in [2.45, 2.75) is 33.4 Å². The van der Waals surface area contributed by atoms with Gasteiger partial charge in [-0.3, -0.25) is 0 Å². The SMILES string of the molecule is CCN(CC)CCSCc1nc(Cl)c2c(C)c(C)sc2n1. The van der Waals surface area contributed by atoms with Crippen LogP contribution in [0.1, 0.15) is 30.1 Å². The second-order valence-corrected chi connectivity index (χ2v) is 7.64. The first-order valence-corrected chi connectivity index (χ1v) is 9.63. The van der Waals surface area contributed by atoms with Crippen molar-refractivity contribution in [2.75, 3.05) is 25.4 Å². The van der Waals surface area contributed by atoms with Gasteiger partial charge in [0.15, 0.2) is 0 Å². The number of thiophene rings is 1. The number of fused-ring (bicyclic) bond motifs is 1. The average molecular weight is 344 g/mol. The molecule has 0 N–H and O–H groups in total. The Labute approximate surface area is 140 Å². The number of hydrogen-bond donors (Lipinski definition) is 0. The highest BCUT2D eigenvalue weighted by molar-refractivity contribution is 7.98. The first-order valence-electron chi connectivity index (χ1n) is 7.29. The molecule has 3 nitrogen and oxygen atoms in total. The van der Waals surface area contributed by atoms with E-state index in [0.717, 1.165) is 47.2 Å². The molecule has 0 spiro atoms. The molecule has 0 aliphatic rings. The normalized spacial score (nSPS) is 11.7. The van der Waals surface area contributed by atoms with Gasteiger partial charge in [0.1, 0.15) is 15.8 Å². The molecule has 0 unspecified atom stereocenters. The molecule has 6 heteroatoms. The molecule has 0 bridgehead atoms. The summed E-state index contributed by atoms with van der Waals surface area (Å²) in [5, 5.41) is 1.62. The molecule has 0 fully saturated rings. The minimum absolute atomic E-state index is 0.598. The Morgan fingerprint density at radius 3 is 2.57 bits per heavy atom. The van der Waals surface area contributed by atoms with Crippen LogP contribution in [0.2, 0.25) is 5.15 Å². The van der Waals surface area contributed by atoms with Gasteiger partial charge >= 0.3 is 0 Å². The number of aryl methyl sites for hydroxylation is 2. The third kappa shape index (κ3) is 4.09. The van der Waals surface area contributed by atoms with Gasteiger partial charge in [-0.25, -0.2) is 9.97 Å². The van der Waals surface area contributed by atoms with Crippen LogP contribution >= 0.6 is 34.7 Å². The third-order valence-electron chi connectivity index (χ3n) is 3.71. The van der Waals surface area contributed by atoms with E-state index in [0.29, 0.717) is 5.15 Å². The molecule has 0 atom stereocenters. The largest absolute Gasteiger partial charge is 0.303 e. The lowest BCUT2D eigenvalue weighted by atomic mass is 10.2. The maximum absolute atomic E-state index is 6.33. The van der Waals surface area contributed by atoms with Crippen molar-refractivity contribution in [3.05, 3.63) is 21.4 Å². The van der Waals surface area contributed by atoms with Gasteiger partial charge in [-0.05, 0) is 32.5 Å². The topological polar surface area (TPSA) is 29.0 Å². The summed E-state index contributed by atoms with van der Waals surface area (Å²) in [5.74, 6) is 2.77. The number of hydrogen-bond acceptors (Lipinski definition) is 5. The molecule has 0 amide bonds. The lowest BCUT2D eigenvalue weighted by molar-refractivity contribution is 0.324. The van der Waals surface area contributed by atoms with Crippen LogP contribution in [-0.4, -0.2) is 40.3 Å². The summed E-state index contributed by atoms with van der Waals surface area (Å²) in [7, 11) is 0. The monoisotopic (exact) mass is 343 g/mol. The van der Waals surface area contributed by atoms with Crippen LogP contribution < -0.4 is 0 Å². The summed E-state index contributed by atoms with van der Waals surface area (Å²) in [4.78, 5) is 13.8. The van der Waals surface area contributed by atoms with E-state index < -0.39 is 0 Å². The molecule has 0 aromatic carbocycles. The Hall–Kier alpha value is -0.360. The fourth-order valence-electron chi connectivity index (χ4n) is 2.20. The first kappa shape index (κ1) is 17.0. The summed E-state index contributed by atoms with van der Waals surface area (Å²) >= 11 is 9.91. The van der Waals surface area contributed by atoms with Crippen molar-refractivity contribution in [3.8, 4) is 0 Å². The van der Waals surface area contributed by atoms with Crippen LogP contribution in [0.15, 0.2) is 0 Å². The van der Waals surface area contributed by atoms with Crippen LogP contribution in [-0.2, 0) is 5.75 Å². The van der Waals surface area contributed by atoms with Gasteiger partial charge in [0, 0.05) is 17.2 Å². The zero-order valence-electron chi connectivity index (χ0n) is 13.1. The lowest BCUT2D eigenvalue weighted by Gasteiger charge is -2.17. The standard InChI is InChI=1S/C15H22ClN3S2/c1-5-19(6-2)7-8-20-9-12-17-14(16)13-10(3)11(4)21-15(13)18-12/h5-9H2,1-4H3. The molecule has 2 aromatic rings. The molecule has 0 aliphatic carbocycles. The summed E-state index contributed by atoms with van der Waals surface area (Å²) in [6, 6.07) is 0. The van der Waals surface area contributed by atoms with Gasteiger partial charge in [0.25, 0.3) is 0 Å². The van der Waals surface area contributed by atoms with Crippen molar-refractivity contribution in [1.29, 1.82) is 0 Å². The van der Waals surface area contributed by atoms with E-state index in [4.69, 9.17) is 11.6 Å². The average Bonchev–Trinajstić information content (AvgIpc) is 2.74. The van der Waals surface area contributed by atoms with Crippen molar-refractivity contribution < 1.29 is 0 Å². The zero-order valence-corrected chi connectivity index (χ0v) is 15.5. The Morgan fingerprint density at radius 2 is 1.90 bits per heavy atom. The molecule has 2 rings (SSSR count). The summed E-state index contributed by atoms with van der Waals surface area (Å²) < 4.78 is 0. The Morgan fingerprint density at radius 1 is 1.19 bits per heavy atom. The van der Waals surface area contributed by atoms with E-state index >= 15 is 0 Å². The molecule has 2 aromatic heterocycles. The van der Waals surface area contributed by atoms with Gasteiger partial charge < -0.3 is 4.90 Å². The van der Waals surface area contributed by atoms with Gasteiger partial charge in [-0.15, -0.1) is 11.3 Å². The minimum Gasteiger partial charge on any atom is -0.303 e. The maximum atomic E-state index is 6.33. The Kier molecular flexibility index (Phi) is 6.29. The maximum Gasteiger partial charge on any atom is 0.141 e. The van der Waals surface area contributed by atoms with Gasteiger partial charge in [0.2, 0.25) is 0 Å². The van der Waals surface area contributed by atoms with Crippen molar-refractivity contribution >= 4 is 44.9 Å². The Balaban J connectivity index is 2.00. The fourth-order valence-corrected chi connectivity index (χ4v) is 4.48. The summed E-state index contributed by atoms with van der Waals surface area (Å²) in [5.41, 5.74) is 1.21. The van der Waals surface area contributed by atoms with E-state index in [1.54, 1.807) is 11.3 Å². The second kappa shape index (κ2) is 7.77. The molecule has 21 heavy (non-hydrogen) atoms. The first-order chi connectivity index (χ1) is 10.1. The van der Waals surface area contributed by atoms with Crippen LogP contribution in [0.4, 0.5) is 0 Å². The zero-order chi connectivity index (χ0) is 15.4. The van der Waals surface area contributed by atoms with E-state index in [-0.39, 0.29) is 0 Å². The molecule has 0 saturated heterocycles. The van der Waals surface area contributed by atoms with Crippen molar-refractivity contribution in [2.24, 2.45) is 0 Å².